The maximum atomic E-state index is 8.87. The van der Waals surface area contributed by atoms with E-state index in [9.17, 15) is 0 Å². The number of anilines is 3. The summed E-state index contributed by atoms with van der Waals surface area (Å²) in [7, 11) is 1.63. The van der Waals surface area contributed by atoms with Gasteiger partial charge in [-0.1, -0.05) is 0 Å². The number of hydrogen-bond donors (Lipinski definition) is 3. The maximum absolute atomic E-state index is 8.87. The van der Waals surface area contributed by atoms with Crippen molar-refractivity contribution in [3.8, 4) is 23.1 Å². The highest BCUT2D eigenvalue weighted by Gasteiger charge is 2.16. The molecule has 158 valence electrons. The number of benzene rings is 1. The van der Waals surface area contributed by atoms with Crippen LogP contribution in [0, 0.1) is 11.3 Å². The van der Waals surface area contributed by atoms with Crippen molar-refractivity contribution in [1.82, 2.24) is 25.5 Å². The molecule has 1 aromatic carbocycles. The van der Waals surface area contributed by atoms with E-state index in [0.717, 1.165) is 30.1 Å². The van der Waals surface area contributed by atoms with Crippen molar-refractivity contribution >= 4 is 17.3 Å². The third-order valence-electron chi connectivity index (χ3n) is 4.70. The molecule has 0 bridgehead atoms. The number of aromatic nitrogens is 4. The number of nitriles is 1. The fourth-order valence-corrected chi connectivity index (χ4v) is 3.11. The van der Waals surface area contributed by atoms with E-state index in [1.54, 1.807) is 7.11 Å². The molecule has 3 N–H and O–H groups in total. The number of methoxy groups -OCH3 is 1. The SMILES string of the molecule is COc1ccc(-c2nnc(Nc3cnc(C#N)cn3)cc2NC[C@H]2CNCCO2)cc1. The summed E-state index contributed by atoms with van der Waals surface area (Å²) in [5, 5.41) is 27.4. The first-order chi connectivity index (χ1) is 15.2. The molecule has 1 fully saturated rings. The van der Waals surface area contributed by atoms with Crippen LogP contribution in [0.2, 0.25) is 0 Å². The molecule has 1 aliphatic heterocycles. The van der Waals surface area contributed by atoms with E-state index in [4.69, 9.17) is 14.7 Å². The van der Waals surface area contributed by atoms with Crippen LogP contribution in [-0.2, 0) is 4.74 Å². The van der Waals surface area contributed by atoms with E-state index in [1.165, 1.54) is 12.4 Å². The minimum Gasteiger partial charge on any atom is -0.497 e. The molecule has 2 aromatic heterocycles. The number of nitrogens with one attached hydrogen (secondary N) is 3. The van der Waals surface area contributed by atoms with Crippen LogP contribution in [0.1, 0.15) is 5.69 Å². The van der Waals surface area contributed by atoms with Crippen LogP contribution in [0.5, 0.6) is 5.75 Å². The lowest BCUT2D eigenvalue weighted by atomic mass is 10.1. The van der Waals surface area contributed by atoms with Gasteiger partial charge in [-0.3, -0.25) is 0 Å². The van der Waals surface area contributed by atoms with E-state index < -0.39 is 0 Å². The summed E-state index contributed by atoms with van der Waals surface area (Å²) in [5.74, 6) is 1.74. The van der Waals surface area contributed by atoms with Gasteiger partial charge < -0.3 is 25.4 Å². The smallest absolute Gasteiger partial charge is 0.158 e. The predicted molar refractivity (Wildman–Crippen MR) is 115 cm³/mol. The van der Waals surface area contributed by atoms with Gasteiger partial charge >= 0.3 is 0 Å². The zero-order chi connectivity index (χ0) is 21.5. The molecule has 0 amide bonds. The molecule has 3 aromatic rings. The van der Waals surface area contributed by atoms with Crippen LogP contribution in [0.15, 0.2) is 42.7 Å². The Morgan fingerprint density at radius 3 is 2.74 bits per heavy atom. The van der Waals surface area contributed by atoms with Gasteiger partial charge in [-0.25, -0.2) is 9.97 Å². The number of rotatable bonds is 7. The highest BCUT2D eigenvalue weighted by molar-refractivity contribution is 5.76. The zero-order valence-corrected chi connectivity index (χ0v) is 17.0. The summed E-state index contributed by atoms with van der Waals surface area (Å²) < 4.78 is 11.0. The Labute approximate surface area is 179 Å². The van der Waals surface area contributed by atoms with Gasteiger partial charge in [0.05, 0.1) is 37.9 Å². The van der Waals surface area contributed by atoms with Crippen molar-refractivity contribution in [3.05, 3.63) is 48.4 Å². The van der Waals surface area contributed by atoms with Gasteiger partial charge in [0.15, 0.2) is 11.5 Å². The molecule has 1 atom stereocenters. The molecule has 0 radical (unpaired) electrons. The van der Waals surface area contributed by atoms with Gasteiger partial charge in [0, 0.05) is 31.3 Å². The van der Waals surface area contributed by atoms with Crippen LogP contribution in [0.25, 0.3) is 11.3 Å². The highest BCUT2D eigenvalue weighted by Crippen LogP contribution is 2.29. The standard InChI is InChI=1S/C21H22N8O2/c1-30-16-4-2-14(3-5-16)21-18(25-12-17-11-23-6-7-31-17)8-19(28-29-21)27-20-13-24-15(9-22)10-26-20/h2-5,8,10,13,17,23H,6-7,11-12H2,1H3,(H2,25,26,27,28)/t17-/m1/s1. The molecule has 31 heavy (non-hydrogen) atoms. The third kappa shape index (κ3) is 5.22. The predicted octanol–water partition coefficient (Wildman–Crippen LogP) is 1.96. The van der Waals surface area contributed by atoms with Crippen molar-refractivity contribution in [3.63, 3.8) is 0 Å². The topological polar surface area (TPSA) is 130 Å². The van der Waals surface area contributed by atoms with Crippen molar-refractivity contribution in [2.24, 2.45) is 0 Å². The van der Waals surface area contributed by atoms with Crippen molar-refractivity contribution in [1.29, 1.82) is 5.26 Å². The number of nitrogens with zero attached hydrogens (tertiary/aromatic N) is 5. The lowest BCUT2D eigenvalue weighted by Crippen LogP contribution is -2.42. The summed E-state index contributed by atoms with van der Waals surface area (Å²) in [6.07, 6.45) is 2.94. The fourth-order valence-electron chi connectivity index (χ4n) is 3.11. The average molecular weight is 418 g/mol. The van der Waals surface area contributed by atoms with E-state index in [-0.39, 0.29) is 11.8 Å². The Morgan fingerprint density at radius 1 is 1.19 bits per heavy atom. The Morgan fingerprint density at radius 2 is 2.06 bits per heavy atom. The second kappa shape index (κ2) is 9.80. The first-order valence-corrected chi connectivity index (χ1v) is 9.82. The summed E-state index contributed by atoms with van der Waals surface area (Å²) in [6, 6.07) is 11.4. The van der Waals surface area contributed by atoms with E-state index in [1.807, 2.05) is 36.4 Å². The van der Waals surface area contributed by atoms with Crippen LogP contribution < -0.4 is 20.7 Å². The molecule has 0 unspecified atom stereocenters. The summed E-state index contributed by atoms with van der Waals surface area (Å²) in [5.41, 5.74) is 2.67. The number of ether oxygens (including phenoxy) is 2. The lowest BCUT2D eigenvalue weighted by molar-refractivity contribution is 0.0372. The third-order valence-corrected chi connectivity index (χ3v) is 4.70. The molecule has 4 rings (SSSR count). The van der Waals surface area contributed by atoms with Crippen LogP contribution >= 0.6 is 0 Å². The van der Waals surface area contributed by atoms with E-state index >= 15 is 0 Å². The molecule has 1 saturated heterocycles. The van der Waals surface area contributed by atoms with Gasteiger partial charge in [0.1, 0.15) is 23.3 Å². The van der Waals surface area contributed by atoms with Gasteiger partial charge in [0.25, 0.3) is 0 Å². The zero-order valence-electron chi connectivity index (χ0n) is 17.0. The molecule has 10 heteroatoms. The monoisotopic (exact) mass is 418 g/mol. The highest BCUT2D eigenvalue weighted by atomic mass is 16.5. The Bertz CT molecular complexity index is 1040. The minimum absolute atomic E-state index is 0.0615. The second-order valence-electron chi connectivity index (χ2n) is 6.82. The number of hydrogen-bond acceptors (Lipinski definition) is 10. The van der Waals surface area contributed by atoms with Crippen LogP contribution in [-0.4, -0.2) is 59.6 Å². The maximum Gasteiger partial charge on any atom is 0.158 e. The first-order valence-electron chi connectivity index (χ1n) is 9.82. The second-order valence-corrected chi connectivity index (χ2v) is 6.82. The average Bonchev–Trinajstić information content (AvgIpc) is 2.84. The Hall–Kier alpha value is -3.81. The molecule has 3 heterocycles. The van der Waals surface area contributed by atoms with Crippen molar-refractivity contribution in [2.75, 3.05) is 44.0 Å². The van der Waals surface area contributed by atoms with E-state index in [0.29, 0.717) is 30.5 Å². The van der Waals surface area contributed by atoms with Gasteiger partial charge in [-0.2, -0.15) is 5.26 Å². The van der Waals surface area contributed by atoms with Crippen molar-refractivity contribution in [2.45, 2.75) is 6.10 Å². The lowest BCUT2D eigenvalue weighted by Gasteiger charge is -2.24. The first kappa shape index (κ1) is 20.5. The molecule has 0 aliphatic carbocycles. The molecular weight excluding hydrogens is 396 g/mol. The van der Waals surface area contributed by atoms with Gasteiger partial charge in [-0.05, 0) is 24.3 Å². The summed E-state index contributed by atoms with van der Waals surface area (Å²) in [4.78, 5) is 8.18. The summed E-state index contributed by atoms with van der Waals surface area (Å²) in [6.45, 7) is 2.97. The molecule has 0 saturated carbocycles. The fraction of sp³-hybridized carbons (Fsp3) is 0.286. The van der Waals surface area contributed by atoms with Gasteiger partial charge in [0.2, 0.25) is 0 Å². The molecule has 10 nitrogen and oxygen atoms in total. The minimum atomic E-state index is 0.0615. The molecular formula is C21H22N8O2. The number of morpholine rings is 1. The normalized spacial score (nSPS) is 15.7. The van der Waals surface area contributed by atoms with Crippen LogP contribution in [0.4, 0.5) is 17.3 Å². The molecule has 1 aliphatic rings. The Kier molecular flexibility index (Phi) is 6.47. The molecule has 0 spiro atoms. The van der Waals surface area contributed by atoms with Crippen LogP contribution in [0.3, 0.4) is 0 Å². The quantitative estimate of drug-likeness (QED) is 0.523. The van der Waals surface area contributed by atoms with Crippen molar-refractivity contribution < 1.29 is 9.47 Å². The summed E-state index contributed by atoms with van der Waals surface area (Å²) >= 11 is 0. The van der Waals surface area contributed by atoms with Gasteiger partial charge in [-0.15, -0.1) is 10.2 Å². The van der Waals surface area contributed by atoms with E-state index in [2.05, 4.69) is 36.1 Å². The Balaban J connectivity index is 1.58. The largest absolute Gasteiger partial charge is 0.497 e.